The first kappa shape index (κ1) is 25.8. The molecule has 1 saturated heterocycles. The highest BCUT2D eigenvalue weighted by atomic mass is 16.7. The number of nitrogens with one attached hydrogen (secondary N) is 2. The van der Waals surface area contributed by atoms with Crippen LogP contribution < -0.4 is 16.1 Å². The molecule has 0 aromatic heterocycles. The number of ether oxygens (including phenoxy) is 1. The first-order chi connectivity index (χ1) is 16.0. The summed E-state index contributed by atoms with van der Waals surface area (Å²) < 4.78 is 17.4. The molecule has 7 nitrogen and oxygen atoms in total. The lowest BCUT2D eigenvalue weighted by Gasteiger charge is -2.32. The van der Waals surface area contributed by atoms with Gasteiger partial charge < -0.3 is 24.7 Å². The largest absolute Gasteiger partial charge is 0.494 e. The second-order valence-corrected chi connectivity index (χ2v) is 9.98. The Balaban J connectivity index is 1.51. The van der Waals surface area contributed by atoms with Gasteiger partial charge in [-0.1, -0.05) is 68.4 Å². The number of carbonyl (C=O) groups excluding carboxylic acids is 2. The molecule has 0 bridgehead atoms. The molecule has 8 heteroatoms. The van der Waals surface area contributed by atoms with E-state index in [1.807, 2.05) is 96.1 Å². The van der Waals surface area contributed by atoms with Gasteiger partial charge in [0, 0.05) is 6.54 Å². The first-order valence-electron chi connectivity index (χ1n) is 11.7. The lowest BCUT2D eigenvalue weighted by molar-refractivity contribution is -0.124. The number of amides is 2. The van der Waals surface area contributed by atoms with Crippen LogP contribution in [0.4, 0.5) is 4.79 Å². The molecule has 1 aliphatic rings. The van der Waals surface area contributed by atoms with Crippen molar-refractivity contribution in [3.8, 4) is 0 Å². The highest BCUT2D eigenvalue weighted by Crippen LogP contribution is 2.36. The minimum atomic E-state index is -0.702. The molecule has 1 aliphatic heterocycles. The minimum absolute atomic E-state index is 0.102. The number of rotatable bonds is 8. The Labute approximate surface area is 202 Å². The van der Waals surface area contributed by atoms with Crippen LogP contribution in [-0.2, 0) is 32.0 Å². The van der Waals surface area contributed by atoms with Crippen molar-refractivity contribution < 1.29 is 23.6 Å². The van der Waals surface area contributed by atoms with Gasteiger partial charge in [-0.25, -0.2) is 4.79 Å². The number of alkyl carbamates (subject to hydrolysis) is 1. The molecule has 182 valence electrons. The van der Waals surface area contributed by atoms with Gasteiger partial charge in [-0.2, -0.15) is 0 Å². The van der Waals surface area contributed by atoms with Gasteiger partial charge in [0.2, 0.25) is 5.91 Å². The molecule has 2 N–H and O–H groups in total. The van der Waals surface area contributed by atoms with Crippen LogP contribution in [0.15, 0.2) is 54.6 Å². The van der Waals surface area contributed by atoms with Gasteiger partial charge in [-0.3, -0.25) is 4.79 Å². The van der Waals surface area contributed by atoms with Gasteiger partial charge in [-0.15, -0.1) is 0 Å². The van der Waals surface area contributed by atoms with Gasteiger partial charge in [-0.05, 0) is 50.2 Å². The molecule has 1 atom stereocenters. The third-order valence-electron chi connectivity index (χ3n) is 6.41. The number of hydrogen-bond donors (Lipinski definition) is 2. The van der Waals surface area contributed by atoms with Crippen molar-refractivity contribution in [2.45, 2.75) is 71.9 Å². The Kier molecular flexibility index (Phi) is 8.05. The molecular formula is C26H35BN2O5. The zero-order valence-electron chi connectivity index (χ0n) is 20.9. The van der Waals surface area contributed by atoms with Crippen LogP contribution in [0.1, 0.15) is 52.7 Å². The maximum absolute atomic E-state index is 12.8. The Hall–Kier alpha value is -2.84. The second kappa shape index (κ2) is 10.6. The highest BCUT2D eigenvalue weighted by Gasteiger charge is 2.51. The van der Waals surface area contributed by atoms with Crippen molar-refractivity contribution in [1.29, 1.82) is 0 Å². The molecule has 1 heterocycles. The van der Waals surface area contributed by atoms with E-state index < -0.39 is 30.5 Å². The van der Waals surface area contributed by atoms with Crippen LogP contribution >= 0.6 is 0 Å². The highest BCUT2D eigenvalue weighted by molar-refractivity contribution is 6.62. The van der Waals surface area contributed by atoms with Gasteiger partial charge in [0.1, 0.15) is 12.6 Å². The van der Waals surface area contributed by atoms with E-state index in [2.05, 4.69) is 10.6 Å². The Morgan fingerprint density at radius 1 is 0.912 bits per heavy atom. The molecule has 0 unspecified atom stereocenters. The monoisotopic (exact) mass is 466 g/mol. The molecule has 2 aromatic carbocycles. The summed E-state index contributed by atoms with van der Waals surface area (Å²) in [6, 6.07) is 16.5. The van der Waals surface area contributed by atoms with E-state index >= 15 is 0 Å². The van der Waals surface area contributed by atoms with Crippen molar-refractivity contribution in [1.82, 2.24) is 10.6 Å². The predicted molar refractivity (Wildman–Crippen MR) is 132 cm³/mol. The molecule has 34 heavy (non-hydrogen) atoms. The van der Waals surface area contributed by atoms with E-state index in [0.717, 1.165) is 16.6 Å². The summed E-state index contributed by atoms with van der Waals surface area (Å²) in [5, 5.41) is 5.58. The van der Waals surface area contributed by atoms with Crippen LogP contribution in [0.25, 0.3) is 0 Å². The molecule has 1 fully saturated rings. The van der Waals surface area contributed by atoms with Crippen LogP contribution in [0, 0.1) is 5.92 Å². The number of hydrogen-bond acceptors (Lipinski definition) is 5. The van der Waals surface area contributed by atoms with Crippen LogP contribution in [0.2, 0.25) is 0 Å². The number of carbonyl (C=O) groups is 2. The fourth-order valence-corrected chi connectivity index (χ4v) is 3.50. The maximum atomic E-state index is 12.8. The fraction of sp³-hybridized carbons (Fsp3) is 0.462. The average molecular weight is 466 g/mol. The van der Waals surface area contributed by atoms with Gasteiger partial charge in [0.15, 0.2) is 0 Å². The summed E-state index contributed by atoms with van der Waals surface area (Å²) in [6.45, 7) is 12.3. The van der Waals surface area contributed by atoms with Crippen LogP contribution in [0.3, 0.4) is 0 Å². The van der Waals surface area contributed by atoms with Crippen molar-refractivity contribution in [3.63, 3.8) is 0 Å². The standard InChI is InChI=1S/C26H35BN2O5/c1-18(2)22(29-24(31)32-17-20-10-8-7-9-11-20)23(30)28-16-19-12-14-21(15-13-19)27-33-25(3,4)26(5,6)34-27/h7-15,18,22H,16-17H2,1-6H3,(H,28,30)(H,29,31)/t22-/m0/s1. The summed E-state index contributed by atoms with van der Waals surface area (Å²) in [5.41, 5.74) is 1.95. The van der Waals surface area contributed by atoms with E-state index in [1.165, 1.54) is 0 Å². The third-order valence-corrected chi connectivity index (χ3v) is 6.41. The second-order valence-electron chi connectivity index (χ2n) is 9.98. The third kappa shape index (κ3) is 6.39. The van der Waals surface area contributed by atoms with Crippen molar-refractivity contribution in [2.24, 2.45) is 5.92 Å². The lowest BCUT2D eigenvalue weighted by atomic mass is 9.79. The minimum Gasteiger partial charge on any atom is -0.445 e. The molecule has 0 aliphatic carbocycles. The van der Waals surface area contributed by atoms with Crippen molar-refractivity contribution in [2.75, 3.05) is 0 Å². The SMILES string of the molecule is CC(C)[C@H](NC(=O)OCc1ccccc1)C(=O)NCc1ccc(B2OC(C)(C)C(C)(C)O2)cc1. The van der Waals surface area contributed by atoms with E-state index in [0.29, 0.717) is 6.54 Å². The van der Waals surface area contributed by atoms with Crippen molar-refractivity contribution >= 4 is 24.6 Å². The van der Waals surface area contributed by atoms with E-state index in [4.69, 9.17) is 14.0 Å². The normalized spacial score (nSPS) is 17.3. The lowest BCUT2D eigenvalue weighted by Crippen LogP contribution is -2.49. The Morgan fingerprint density at radius 2 is 1.50 bits per heavy atom. The molecule has 0 saturated carbocycles. The first-order valence-corrected chi connectivity index (χ1v) is 11.7. The fourth-order valence-electron chi connectivity index (χ4n) is 3.50. The molecular weight excluding hydrogens is 431 g/mol. The summed E-state index contributed by atoms with van der Waals surface area (Å²) in [4.78, 5) is 25.0. The summed E-state index contributed by atoms with van der Waals surface area (Å²) >= 11 is 0. The van der Waals surface area contributed by atoms with Crippen LogP contribution in [0.5, 0.6) is 0 Å². The smallest absolute Gasteiger partial charge is 0.445 e. The van der Waals surface area contributed by atoms with Gasteiger partial charge >= 0.3 is 13.2 Å². The Morgan fingerprint density at radius 3 is 2.06 bits per heavy atom. The van der Waals surface area contributed by atoms with Gasteiger partial charge in [0.25, 0.3) is 0 Å². The summed E-state index contributed by atoms with van der Waals surface area (Å²) in [6.07, 6.45) is -0.621. The molecule has 2 aromatic rings. The van der Waals surface area contributed by atoms with E-state index in [9.17, 15) is 9.59 Å². The summed E-state index contributed by atoms with van der Waals surface area (Å²) in [7, 11) is -0.426. The summed E-state index contributed by atoms with van der Waals surface area (Å²) in [5.74, 6) is -0.364. The Bertz CT molecular complexity index is 960. The average Bonchev–Trinajstić information content (AvgIpc) is 3.02. The van der Waals surface area contributed by atoms with Crippen LogP contribution in [-0.4, -0.2) is 36.4 Å². The molecule has 0 spiro atoms. The van der Waals surface area contributed by atoms with Crippen molar-refractivity contribution in [3.05, 3.63) is 65.7 Å². The van der Waals surface area contributed by atoms with E-state index in [-0.39, 0.29) is 18.4 Å². The molecule has 0 radical (unpaired) electrons. The topological polar surface area (TPSA) is 85.9 Å². The predicted octanol–water partition coefficient (Wildman–Crippen LogP) is 3.55. The van der Waals surface area contributed by atoms with Gasteiger partial charge in [0.05, 0.1) is 11.2 Å². The zero-order chi connectivity index (χ0) is 24.9. The maximum Gasteiger partial charge on any atom is 0.494 e. The molecule has 2 amide bonds. The quantitative estimate of drug-likeness (QED) is 0.582. The molecule has 3 rings (SSSR count). The van der Waals surface area contributed by atoms with E-state index in [1.54, 1.807) is 0 Å². The number of benzene rings is 2. The zero-order valence-corrected chi connectivity index (χ0v) is 20.9.